The molecule has 3 rings (SSSR count). The molecule has 10 nitrogen and oxygen atoms in total. The van der Waals surface area contributed by atoms with Crippen LogP contribution < -0.4 is 15.4 Å². The lowest BCUT2D eigenvalue weighted by Crippen LogP contribution is -2.29. The lowest BCUT2D eigenvalue weighted by molar-refractivity contribution is 0.0944. The van der Waals surface area contributed by atoms with Crippen molar-refractivity contribution >= 4 is 29.0 Å². The van der Waals surface area contributed by atoms with Crippen molar-refractivity contribution in [3.8, 4) is 16.5 Å². The Morgan fingerprint density at radius 1 is 1.30 bits per heavy atom. The van der Waals surface area contributed by atoms with Crippen LogP contribution in [0.3, 0.4) is 0 Å². The number of ether oxygens (including phenoxy) is 1. The molecule has 0 aliphatic heterocycles. The quantitative estimate of drug-likeness (QED) is 0.472. The van der Waals surface area contributed by atoms with Gasteiger partial charge in [-0.05, 0) is 23.6 Å². The smallest absolute Gasteiger partial charge is 0.407 e. The molecular formula is C19H21N5O5S. The summed E-state index contributed by atoms with van der Waals surface area (Å²) in [5.41, 5.74) is 1.06. The van der Waals surface area contributed by atoms with Gasteiger partial charge in [0.05, 0.1) is 24.1 Å². The number of carbonyl (C=O) groups excluding carboxylic acids is 1. The van der Waals surface area contributed by atoms with E-state index in [1.54, 1.807) is 18.2 Å². The molecular weight excluding hydrogens is 410 g/mol. The third kappa shape index (κ3) is 5.26. The first kappa shape index (κ1) is 21.1. The monoisotopic (exact) mass is 431 g/mol. The number of thiophene rings is 1. The number of likely N-dealkylation sites (N-methyl/N-ethyl adjacent to an activating group) is 1. The highest BCUT2D eigenvalue weighted by Gasteiger charge is 2.15. The first-order chi connectivity index (χ1) is 14.5. The molecule has 0 spiro atoms. The Morgan fingerprint density at radius 3 is 2.83 bits per heavy atom. The number of benzene rings is 1. The molecule has 2 amide bonds. The van der Waals surface area contributed by atoms with Crippen LogP contribution in [0.5, 0.6) is 5.75 Å². The summed E-state index contributed by atoms with van der Waals surface area (Å²) >= 11 is 1.49. The number of amides is 2. The molecule has 0 bridgehead atoms. The van der Waals surface area contributed by atoms with Crippen LogP contribution in [0.25, 0.3) is 10.8 Å². The number of anilines is 1. The predicted molar refractivity (Wildman–Crippen MR) is 111 cm³/mol. The van der Waals surface area contributed by atoms with Gasteiger partial charge < -0.3 is 29.8 Å². The number of hydrogen-bond acceptors (Lipinski definition) is 8. The summed E-state index contributed by atoms with van der Waals surface area (Å²) in [5.74, 6) is 0.746. The fourth-order valence-electron chi connectivity index (χ4n) is 2.53. The molecule has 30 heavy (non-hydrogen) atoms. The first-order valence-corrected chi connectivity index (χ1v) is 9.86. The minimum absolute atomic E-state index is 0.0852. The molecule has 0 fully saturated rings. The Morgan fingerprint density at radius 2 is 2.13 bits per heavy atom. The maximum absolute atomic E-state index is 12.6. The van der Waals surface area contributed by atoms with Gasteiger partial charge in [-0.1, -0.05) is 6.07 Å². The maximum Gasteiger partial charge on any atom is 0.407 e. The standard InChI is InChI=1S/C19H21N5O5S/c1-24(19(26)27)8-7-20-12-5-6-13(14(10-12)28-2)17(25)21-11-16-22-23-18(29-16)15-4-3-9-30-15/h3-6,9-10,20H,7-8,11H2,1-2H3,(H,21,25)(H,26,27). The van der Waals surface area contributed by atoms with Crippen molar-refractivity contribution in [2.24, 2.45) is 0 Å². The Hall–Kier alpha value is -3.60. The summed E-state index contributed by atoms with van der Waals surface area (Å²) in [4.78, 5) is 25.4. The van der Waals surface area contributed by atoms with Crippen LogP contribution in [-0.4, -0.2) is 59.5 Å². The zero-order chi connectivity index (χ0) is 21.5. The number of carboxylic acid groups (broad SMARTS) is 1. The number of methoxy groups -OCH3 is 1. The molecule has 1 aromatic carbocycles. The second-order valence-corrected chi connectivity index (χ2v) is 7.15. The Bertz CT molecular complexity index is 1000. The van der Waals surface area contributed by atoms with Crippen molar-refractivity contribution in [3.63, 3.8) is 0 Å². The van der Waals surface area contributed by atoms with Crippen molar-refractivity contribution < 1.29 is 23.8 Å². The van der Waals surface area contributed by atoms with Gasteiger partial charge in [-0.15, -0.1) is 21.5 Å². The van der Waals surface area contributed by atoms with Crippen LogP contribution in [0.4, 0.5) is 10.5 Å². The first-order valence-electron chi connectivity index (χ1n) is 8.98. The number of aromatic nitrogens is 2. The molecule has 0 radical (unpaired) electrons. The number of nitrogens with zero attached hydrogens (tertiary/aromatic N) is 3. The van der Waals surface area contributed by atoms with Gasteiger partial charge in [0.15, 0.2) is 0 Å². The lowest BCUT2D eigenvalue weighted by Gasteiger charge is -2.15. The van der Waals surface area contributed by atoms with Gasteiger partial charge >= 0.3 is 6.09 Å². The highest BCUT2D eigenvalue weighted by Crippen LogP contribution is 2.24. The molecule has 2 heterocycles. The van der Waals surface area contributed by atoms with Crippen molar-refractivity contribution in [1.82, 2.24) is 20.4 Å². The largest absolute Gasteiger partial charge is 0.496 e. The van der Waals surface area contributed by atoms with E-state index in [-0.39, 0.29) is 12.5 Å². The number of hydrogen-bond donors (Lipinski definition) is 3. The minimum atomic E-state index is -0.995. The molecule has 3 N–H and O–H groups in total. The maximum atomic E-state index is 12.6. The molecule has 0 atom stereocenters. The van der Waals surface area contributed by atoms with E-state index in [0.29, 0.717) is 41.9 Å². The van der Waals surface area contributed by atoms with Gasteiger partial charge in [0.1, 0.15) is 5.75 Å². The normalized spacial score (nSPS) is 10.5. The zero-order valence-corrected chi connectivity index (χ0v) is 17.2. The Labute approximate surface area is 176 Å². The summed E-state index contributed by atoms with van der Waals surface area (Å²) in [6.45, 7) is 0.820. The number of nitrogens with one attached hydrogen (secondary N) is 2. The van der Waals surface area contributed by atoms with E-state index in [4.69, 9.17) is 14.3 Å². The molecule has 158 valence electrons. The minimum Gasteiger partial charge on any atom is -0.496 e. The highest BCUT2D eigenvalue weighted by atomic mass is 32.1. The van der Waals surface area contributed by atoms with Gasteiger partial charge in [-0.25, -0.2) is 4.79 Å². The summed E-state index contributed by atoms with van der Waals surface area (Å²) in [6, 6.07) is 8.79. The van der Waals surface area contributed by atoms with Gasteiger partial charge in [0.25, 0.3) is 11.8 Å². The van der Waals surface area contributed by atoms with E-state index in [2.05, 4.69) is 20.8 Å². The Balaban J connectivity index is 1.58. The van der Waals surface area contributed by atoms with Crippen LogP contribution >= 0.6 is 11.3 Å². The average Bonchev–Trinajstić information content (AvgIpc) is 3.43. The van der Waals surface area contributed by atoms with Crippen molar-refractivity contribution in [3.05, 3.63) is 47.2 Å². The fourth-order valence-corrected chi connectivity index (χ4v) is 3.17. The van der Waals surface area contributed by atoms with Gasteiger partial charge in [-0.2, -0.15) is 0 Å². The van der Waals surface area contributed by atoms with E-state index in [0.717, 1.165) is 4.88 Å². The summed E-state index contributed by atoms with van der Waals surface area (Å²) < 4.78 is 10.9. The van der Waals surface area contributed by atoms with E-state index in [9.17, 15) is 9.59 Å². The fraction of sp³-hybridized carbons (Fsp3) is 0.263. The van der Waals surface area contributed by atoms with E-state index >= 15 is 0 Å². The second kappa shape index (κ2) is 9.74. The van der Waals surface area contributed by atoms with Gasteiger partial charge in [-0.3, -0.25) is 4.79 Å². The average molecular weight is 431 g/mol. The van der Waals surface area contributed by atoms with Crippen molar-refractivity contribution in [1.29, 1.82) is 0 Å². The summed E-state index contributed by atoms with van der Waals surface area (Å²) in [5, 5.41) is 24.5. The molecule has 0 aliphatic carbocycles. The summed E-state index contributed by atoms with van der Waals surface area (Å²) in [7, 11) is 2.96. The van der Waals surface area contributed by atoms with Crippen LogP contribution in [-0.2, 0) is 6.54 Å². The highest BCUT2D eigenvalue weighted by molar-refractivity contribution is 7.13. The van der Waals surface area contributed by atoms with E-state index < -0.39 is 6.09 Å². The third-order valence-corrected chi connectivity index (χ3v) is 5.01. The van der Waals surface area contributed by atoms with Crippen molar-refractivity contribution in [2.75, 3.05) is 32.6 Å². The Kier molecular flexibility index (Phi) is 6.86. The zero-order valence-electron chi connectivity index (χ0n) is 16.4. The molecule has 0 unspecified atom stereocenters. The van der Waals surface area contributed by atoms with E-state index in [1.165, 1.54) is 30.4 Å². The molecule has 2 aromatic heterocycles. The summed E-state index contributed by atoms with van der Waals surface area (Å²) in [6.07, 6.45) is -0.995. The molecule has 0 aliphatic rings. The molecule has 3 aromatic rings. The van der Waals surface area contributed by atoms with Crippen molar-refractivity contribution in [2.45, 2.75) is 6.54 Å². The second-order valence-electron chi connectivity index (χ2n) is 6.21. The van der Waals surface area contributed by atoms with Crippen LogP contribution in [0.2, 0.25) is 0 Å². The third-order valence-electron chi connectivity index (χ3n) is 4.15. The van der Waals surface area contributed by atoms with Gasteiger partial charge in [0, 0.05) is 31.9 Å². The van der Waals surface area contributed by atoms with Crippen LogP contribution in [0.1, 0.15) is 16.2 Å². The van der Waals surface area contributed by atoms with Gasteiger partial charge in [0.2, 0.25) is 5.89 Å². The topological polar surface area (TPSA) is 130 Å². The molecule has 0 saturated heterocycles. The number of rotatable bonds is 9. The van der Waals surface area contributed by atoms with Crippen LogP contribution in [0, 0.1) is 0 Å². The molecule has 11 heteroatoms. The lowest BCUT2D eigenvalue weighted by atomic mass is 10.1. The molecule has 0 saturated carbocycles. The predicted octanol–water partition coefficient (Wildman–Crippen LogP) is 2.76. The SMILES string of the molecule is COc1cc(NCCN(C)C(=O)O)ccc1C(=O)NCc1nnc(-c2cccs2)o1. The number of carbonyl (C=O) groups is 2. The van der Waals surface area contributed by atoms with Crippen LogP contribution in [0.15, 0.2) is 40.1 Å². The van der Waals surface area contributed by atoms with E-state index in [1.807, 2.05) is 17.5 Å².